The highest BCUT2D eigenvalue weighted by molar-refractivity contribution is 7.91. The Balaban J connectivity index is 1.49. The fourth-order valence-corrected chi connectivity index (χ4v) is 5.15. The van der Waals surface area contributed by atoms with Gasteiger partial charge in [-0.05, 0) is 30.2 Å². The van der Waals surface area contributed by atoms with Crippen LogP contribution in [0.3, 0.4) is 0 Å². The minimum Gasteiger partial charge on any atom is -0.350 e. The third-order valence-corrected chi connectivity index (χ3v) is 7.28. The molecule has 32 heavy (non-hydrogen) atoms. The first-order chi connectivity index (χ1) is 15.3. The Kier molecular flexibility index (Phi) is 6.38. The summed E-state index contributed by atoms with van der Waals surface area (Å²) in [6.45, 7) is 2.54. The van der Waals surface area contributed by atoms with Crippen molar-refractivity contribution in [3.8, 4) is 5.69 Å². The summed E-state index contributed by atoms with van der Waals surface area (Å²) in [4.78, 5) is 19.2. The molecule has 1 aliphatic rings. The molecule has 7 nitrogen and oxygen atoms in total. The fourth-order valence-electron chi connectivity index (χ4n) is 3.92. The molecule has 0 bridgehead atoms. The molecule has 2 aromatic carbocycles. The van der Waals surface area contributed by atoms with E-state index in [2.05, 4.69) is 10.3 Å². The second-order valence-corrected chi connectivity index (χ2v) is 10.2. The van der Waals surface area contributed by atoms with E-state index in [4.69, 9.17) is 0 Å². The minimum atomic E-state index is -3.06. The second-order valence-electron chi connectivity index (χ2n) is 7.85. The number of benzene rings is 2. The molecule has 4 rings (SSSR count). The Hall–Kier alpha value is -3.04. The maximum absolute atomic E-state index is 14.7. The Morgan fingerprint density at radius 3 is 2.50 bits per heavy atom. The van der Waals surface area contributed by atoms with E-state index in [1.165, 1.54) is 6.07 Å². The van der Waals surface area contributed by atoms with E-state index in [1.807, 2.05) is 35.2 Å². The van der Waals surface area contributed by atoms with Crippen molar-refractivity contribution in [2.75, 3.05) is 24.6 Å². The van der Waals surface area contributed by atoms with Gasteiger partial charge in [0.1, 0.15) is 17.7 Å². The van der Waals surface area contributed by atoms with Crippen LogP contribution in [0.25, 0.3) is 5.69 Å². The summed E-state index contributed by atoms with van der Waals surface area (Å²) in [6, 6.07) is 13.5. The van der Waals surface area contributed by atoms with Crippen LogP contribution < -0.4 is 5.32 Å². The molecule has 1 N–H and O–H groups in total. The van der Waals surface area contributed by atoms with Crippen LogP contribution in [-0.4, -0.2) is 53.4 Å². The molecule has 2 heterocycles. The van der Waals surface area contributed by atoms with Gasteiger partial charge in [0, 0.05) is 32.0 Å². The maximum atomic E-state index is 14.7. The first-order valence-corrected chi connectivity index (χ1v) is 12.2. The summed E-state index contributed by atoms with van der Waals surface area (Å²) in [6.07, 6.45) is 3.30. The molecule has 9 heteroatoms. The maximum Gasteiger partial charge on any atom is 0.242 e. The molecular formula is C23H25FN4O3S. The summed E-state index contributed by atoms with van der Waals surface area (Å²) in [5.74, 6) is 0.0943. The summed E-state index contributed by atoms with van der Waals surface area (Å²) in [7, 11) is -3.06. The zero-order valence-corrected chi connectivity index (χ0v) is 18.6. The number of halogens is 1. The number of carbonyl (C=O) groups is 1. The van der Waals surface area contributed by atoms with Gasteiger partial charge < -0.3 is 9.88 Å². The fraction of sp³-hybridized carbons (Fsp3) is 0.304. The van der Waals surface area contributed by atoms with E-state index in [9.17, 15) is 17.6 Å². The van der Waals surface area contributed by atoms with Crippen molar-refractivity contribution in [1.29, 1.82) is 0 Å². The predicted octanol–water partition coefficient (Wildman–Crippen LogP) is 2.41. The number of hydrogen-bond donors (Lipinski definition) is 1. The van der Waals surface area contributed by atoms with Crippen molar-refractivity contribution >= 4 is 15.7 Å². The number of nitrogens with one attached hydrogen (secondary N) is 1. The van der Waals surface area contributed by atoms with Crippen LogP contribution in [0.4, 0.5) is 4.39 Å². The zero-order chi connectivity index (χ0) is 22.7. The standard InChI is InChI=1S/C23H25FN4O3S/c1-17-25-9-10-28(17)21-8-7-18(15-20(21)24)16-26-23(29)22(19-5-3-2-4-6-19)27-11-13-32(30,31)14-12-27/h2-10,15,22H,11-14,16H2,1H3,(H,26,29). The summed E-state index contributed by atoms with van der Waals surface area (Å²) in [5, 5.41) is 2.89. The average Bonchev–Trinajstić information content (AvgIpc) is 3.20. The number of aromatic nitrogens is 2. The molecular weight excluding hydrogens is 431 g/mol. The van der Waals surface area contributed by atoms with Gasteiger partial charge >= 0.3 is 0 Å². The number of nitrogens with zero attached hydrogens (tertiary/aromatic N) is 3. The first kappa shape index (κ1) is 22.2. The highest BCUT2D eigenvalue weighted by atomic mass is 32.2. The number of sulfone groups is 1. The molecule has 1 fully saturated rings. The third-order valence-electron chi connectivity index (χ3n) is 5.67. The number of imidazole rings is 1. The van der Waals surface area contributed by atoms with Gasteiger partial charge in [0.25, 0.3) is 0 Å². The monoisotopic (exact) mass is 456 g/mol. The van der Waals surface area contributed by atoms with Crippen LogP contribution in [0.15, 0.2) is 60.9 Å². The average molecular weight is 457 g/mol. The molecule has 1 atom stereocenters. The van der Waals surface area contributed by atoms with Gasteiger partial charge in [-0.25, -0.2) is 17.8 Å². The molecule has 168 valence electrons. The topological polar surface area (TPSA) is 84.3 Å². The van der Waals surface area contributed by atoms with Gasteiger partial charge in [-0.2, -0.15) is 0 Å². The van der Waals surface area contributed by atoms with Gasteiger partial charge in [0.15, 0.2) is 9.84 Å². The van der Waals surface area contributed by atoms with E-state index < -0.39 is 21.7 Å². The van der Waals surface area contributed by atoms with Crippen molar-refractivity contribution < 1.29 is 17.6 Å². The lowest BCUT2D eigenvalue weighted by Crippen LogP contribution is -2.47. The largest absolute Gasteiger partial charge is 0.350 e. The van der Waals surface area contributed by atoms with E-state index in [1.54, 1.807) is 36.0 Å². The van der Waals surface area contributed by atoms with Gasteiger partial charge in [-0.1, -0.05) is 36.4 Å². The Morgan fingerprint density at radius 2 is 1.88 bits per heavy atom. The number of carbonyl (C=O) groups excluding carboxylic acids is 1. The van der Waals surface area contributed by atoms with Crippen LogP contribution >= 0.6 is 0 Å². The van der Waals surface area contributed by atoms with E-state index in [0.29, 0.717) is 30.2 Å². The predicted molar refractivity (Wildman–Crippen MR) is 120 cm³/mol. The van der Waals surface area contributed by atoms with Gasteiger partial charge in [0.2, 0.25) is 5.91 Å². The van der Waals surface area contributed by atoms with Crippen LogP contribution in [0.5, 0.6) is 0 Å². The molecule has 0 radical (unpaired) electrons. The summed E-state index contributed by atoms with van der Waals surface area (Å²) < 4.78 is 40.0. The minimum absolute atomic E-state index is 0.0317. The Bertz CT molecular complexity index is 1200. The lowest BCUT2D eigenvalue weighted by molar-refractivity contribution is -0.126. The van der Waals surface area contributed by atoms with E-state index >= 15 is 0 Å². The van der Waals surface area contributed by atoms with Gasteiger partial charge in [-0.3, -0.25) is 9.69 Å². The number of hydrogen-bond acceptors (Lipinski definition) is 5. The molecule has 0 aliphatic carbocycles. The first-order valence-electron chi connectivity index (χ1n) is 10.4. The van der Waals surface area contributed by atoms with Crippen LogP contribution in [-0.2, 0) is 21.2 Å². The summed E-state index contributed by atoms with van der Waals surface area (Å²) >= 11 is 0. The highest BCUT2D eigenvalue weighted by Gasteiger charge is 2.32. The molecule has 0 spiro atoms. The second kappa shape index (κ2) is 9.22. The van der Waals surface area contributed by atoms with Crippen LogP contribution in [0.2, 0.25) is 0 Å². The quantitative estimate of drug-likeness (QED) is 0.616. The van der Waals surface area contributed by atoms with Crippen LogP contribution in [0.1, 0.15) is 23.0 Å². The Labute approximate surface area is 186 Å². The smallest absolute Gasteiger partial charge is 0.242 e. The van der Waals surface area contributed by atoms with E-state index in [-0.39, 0.29) is 24.0 Å². The molecule has 1 aromatic heterocycles. The lowest BCUT2D eigenvalue weighted by atomic mass is 10.0. The molecule has 3 aromatic rings. The summed E-state index contributed by atoms with van der Waals surface area (Å²) in [5.41, 5.74) is 1.82. The molecule has 1 aliphatic heterocycles. The molecule has 0 saturated carbocycles. The third kappa shape index (κ3) is 4.89. The molecule has 1 unspecified atom stereocenters. The number of rotatable bonds is 6. The van der Waals surface area contributed by atoms with Gasteiger partial charge in [0.05, 0.1) is 17.2 Å². The molecule has 1 saturated heterocycles. The highest BCUT2D eigenvalue weighted by Crippen LogP contribution is 2.24. The Morgan fingerprint density at radius 1 is 1.16 bits per heavy atom. The zero-order valence-electron chi connectivity index (χ0n) is 17.7. The number of amides is 1. The SMILES string of the molecule is Cc1nccn1-c1ccc(CNC(=O)C(c2ccccc2)N2CCS(=O)(=O)CC2)cc1F. The van der Waals surface area contributed by atoms with Crippen molar-refractivity contribution in [1.82, 2.24) is 19.8 Å². The van der Waals surface area contributed by atoms with Crippen LogP contribution in [0, 0.1) is 12.7 Å². The van der Waals surface area contributed by atoms with Crippen molar-refractivity contribution in [3.63, 3.8) is 0 Å². The van der Waals surface area contributed by atoms with Gasteiger partial charge in [-0.15, -0.1) is 0 Å². The lowest BCUT2D eigenvalue weighted by Gasteiger charge is -2.33. The normalized spacial score (nSPS) is 17.1. The van der Waals surface area contributed by atoms with E-state index in [0.717, 1.165) is 5.56 Å². The number of aryl methyl sites for hydroxylation is 1. The van der Waals surface area contributed by atoms with Crippen molar-refractivity contribution in [3.05, 3.63) is 83.7 Å². The molecule has 1 amide bonds. The van der Waals surface area contributed by atoms with Crippen molar-refractivity contribution in [2.45, 2.75) is 19.5 Å². The van der Waals surface area contributed by atoms with Crippen molar-refractivity contribution in [2.24, 2.45) is 0 Å².